The second-order valence-corrected chi connectivity index (χ2v) is 3.21. The van der Waals surface area contributed by atoms with Crippen molar-refractivity contribution in [3.8, 4) is 0 Å². The molecule has 0 spiro atoms. The van der Waals surface area contributed by atoms with Crippen LogP contribution in [0.5, 0.6) is 0 Å². The molecule has 0 amide bonds. The van der Waals surface area contributed by atoms with Gasteiger partial charge in [0.2, 0.25) is 0 Å². The molecular formula is C9H17NO2. The van der Waals surface area contributed by atoms with Crippen LogP contribution in [0.2, 0.25) is 0 Å². The van der Waals surface area contributed by atoms with E-state index in [0.717, 1.165) is 45.6 Å². The molecule has 0 radical (unpaired) electrons. The van der Waals surface area contributed by atoms with E-state index in [4.69, 9.17) is 4.74 Å². The van der Waals surface area contributed by atoms with Crippen molar-refractivity contribution in [1.82, 2.24) is 4.90 Å². The highest BCUT2D eigenvalue weighted by Crippen LogP contribution is 2.14. The van der Waals surface area contributed by atoms with Gasteiger partial charge in [-0.2, -0.15) is 0 Å². The first-order valence-corrected chi connectivity index (χ1v) is 4.62. The maximum Gasteiger partial charge on any atom is 0.123 e. The topological polar surface area (TPSA) is 29.5 Å². The number of carbonyl (C=O) groups is 1. The Morgan fingerprint density at radius 3 is 2.67 bits per heavy atom. The molecule has 1 rings (SSSR count). The Hall–Kier alpha value is -0.410. The largest absolute Gasteiger partial charge is 0.366 e. The van der Waals surface area contributed by atoms with Crippen molar-refractivity contribution in [2.45, 2.75) is 19.8 Å². The van der Waals surface area contributed by atoms with E-state index in [0.29, 0.717) is 5.92 Å². The van der Waals surface area contributed by atoms with Crippen molar-refractivity contribution in [1.29, 1.82) is 0 Å². The number of likely N-dealkylation sites (tertiary alicyclic amines) is 1. The molecule has 3 nitrogen and oxygen atoms in total. The summed E-state index contributed by atoms with van der Waals surface area (Å²) >= 11 is 0. The van der Waals surface area contributed by atoms with Crippen LogP contribution in [-0.4, -0.2) is 37.6 Å². The van der Waals surface area contributed by atoms with E-state index in [1.807, 2.05) is 6.92 Å². The lowest BCUT2D eigenvalue weighted by Crippen LogP contribution is -2.35. The van der Waals surface area contributed by atoms with Gasteiger partial charge in [-0.3, -0.25) is 4.90 Å². The summed E-state index contributed by atoms with van der Waals surface area (Å²) in [6, 6.07) is 0. The zero-order valence-corrected chi connectivity index (χ0v) is 7.66. The van der Waals surface area contributed by atoms with Crippen molar-refractivity contribution in [2.24, 2.45) is 5.92 Å². The van der Waals surface area contributed by atoms with Gasteiger partial charge in [0.15, 0.2) is 0 Å². The lowest BCUT2D eigenvalue weighted by atomic mass is 9.99. The van der Waals surface area contributed by atoms with Crippen molar-refractivity contribution in [3.63, 3.8) is 0 Å². The van der Waals surface area contributed by atoms with Gasteiger partial charge in [-0.05, 0) is 19.8 Å². The Kier molecular flexibility index (Phi) is 4.25. The normalized spacial score (nSPS) is 21.1. The third-order valence-corrected chi connectivity index (χ3v) is 2.30. The van der Waals surface area contributed by atoms with Gasteiger partial charge >= 0.3 is 0 Å². The number of aldehydes is 1. The van der Waals surface area contributed by atoms with E-state index >= 15 is 0 Å². The highest BCUT2D eigenvalue weighted by molar-refractivity contribution is 5.53. The number of rotatable bonds is 4. The molecule has 0 atom stereocenters. The third-order valence-electron chi connectivity index (χ3n) is 2.30. The number of piperidine rings is 1. The van der Waals surface area contributed by atoms with Gasteiger partial charge in [0.25, 0.3) is 0 Å². The lowest BCUT2D eigenvalue weighted by molar-refractivity contribution is -0.112. The van der Waals surface area contributed by atoms with Crippen LogP contribution in [0.3, 0.4) is 0 Å². The monoisotopic (exact) mass is 171 g/mol. The molecule has 1 fully saturated rings. The molecule has 0 aliphatic carbocycles. The molecule has 0 saturated carbocycles. The van der Waals surface area contributed by atoms with E-state index in [1.165, 1.54) is 0 Å². The number of nitrogens with zero attached hydrogens (tertiary/aromatic N) is 1. The molecule has 1 saturated heterocycles. The van der Waals surface area contributed by atoms with Gasteiger partial charge in [-0.25, -0.2) is 0 Å². The van der Waals surface area contributed by atoms with Gasteiger partial charge in [0.05, 0.1) is 6.73 Å². The molecule has 1 aliphatic rings. The minimum atomic E-state index is 0.294. The van der Waals surface area contributed by atoms with Gasteiger partial charge in [0, 0.05) is 25.6 Å². The molecule has 12 heavy (non-hydrogen) atoms. The Morgan fingerprint density at radius 1 is 1.50 bits per heavy atom. The summed E-state index contributed by atoms with van der Waals surface area (Å²) in [5.74, 6) is 0.294. The van der Waals surface area contributed by atoms with Crippen LogP contribution in [0.15, 0.2) is 0 Å². The van der Waals surface area contributed by atoms with Crippen molar-refractivity contribution < 1.29 is 9.53 Å². The molecule has 1 heterocycles. The van der Waals surface area contributed by atoms with E-state index in [-0.39, 0.29) is 0 Å². The molecule has 70 valence electrons. The second-order valence-electron chi connectivity index (χ2n) is 3.21. The minimum absolute atomic E-state index is 0.294. The zero-order chi connectivity index (χ0) is 8.81. The number of ether oxygens (including phenoxy) is 1. The summed E-state index contributed by atoms with van der Waals surface area (Å²) in [4.78, 5) is 12.7. The fourth-order valence-corrected chi connectivity index (χ4v) is 1.44. The smallest absolute Gasteiger partial charge is 0.123 e. The summed E-state index contributed by atoms with van der Waals surface area (Å²) < 4.78 is 5.28. The minimum Gasteiger partial charge on any atom is -0.366 e. The molecular weight excluding hydrogens is 154 g/mol. The highest BCUT2D eigenvalue weighted by Gasteiger charge is 2.17. The summed E-state index contributed by atoms with van der Waals surface area (Å²) in [5.41, 5.74) is 0. The average molecular weight is 171 g/mol. The summed E-state index contributed by atoms with van der Waals surface area (Å²) in [7, 11) is 0. The molecule has 0 N–H and O–H groups in total. The fourth-order valence-electron chi connectivity index (χ4n) is 1.44. The summed E-state index contributed by atoms with van der Waals surface area (Å²) in [6.07, 6.45) is 3.07. The van der Waals surface area contributed by atoms with Crippen LogP contribution in [-0.2, 0) is 9.53 Å². The predicted molar refractivity (Wildman–Crippen MR) is 46.9 cm³/mol. The predicted octanol–water partition coefficient (Wildman–Crippen LogP) is 0.891. The van der Waals surface area contributed by atoms with E-state index in [9.17, 15) is 4.79 Å². The summed E-state index contributed by atoms with van der Waals surface area (Å²) in [6.45, 7) is 5.50. The van der Waals surface area contributed by atoms with Crippen molar-refractivity contribution >= 4 is 6.29 Å². The van der Waals surface area contributed by atoms with Crippen LogP contribution in [0.25, 0.3) is 0 Å². The Labute approximate surface area is 73.7 Å². The molecule has 0 unspecified atom stereocenters. The Balaban J connectivity index is 2.12. The first-order valence-electron chi connectivity index (χ1n) is 4.62. The first-order chi connectivity index (χ1) is 5.86. The zero-order valence-electron chi connectivity index (χ0n) is 7.66. The average Bonchev–Trinajstić information content (AvgIpc) is 2.15. The Bertz CT molecular complexity index is 130. The molecule has 0 bridgehead atoms. The molecule has 3 heteroatoms. The number of hydrogen-bond acceptors (Lipinski definition) is 3. The van der Waals surface area contributed by atoms with Gasteiger partial charge in [-0.1, -0.05) is 0 Å². The van der Waals surface area contributed by atoms with Crippen LogP contribution in [0.1, 0.15) is 19.8 Å². The number of carbonyl (C=O) groups excluding carboxylic acids is 1. The van der Waals surface area contributed by atoms with Crippen molar-refractivity contribution in [3.05, 3.63) is 0 Å². The number of hydrogen-bond donors (Lipinski definition) is 0. The van der Waals surface area contributed by atoms with Crippen molar-refractivity contribution in [2.75, 3.05) is 26.4 Å². The van der Waals surface area contributed by atoms with Crippen LogP contribution in [0, 0.1) is 5.92 Å². The fraction of sp³-hybridized carbons (Fsp3) is 0.889. The molecule has 0 aromatic carbocycles. The second kappa shape index (κ2) is 5.27. The van der Waals surface area contributed by atoms with Gasteiger partial charge in [0.1, 0.15) is 6.29 Å². The van der Waals surface area contributed by atoms with E-state index < -0.39 is 0 Å². The van der Waals surface area contributed by atoms with E-state index in [2.05, 4.69) is 4.90 Å². The quantitative estimate of drug-likeness (QED) is 0.588. The third kappa shape index (κ3) is 2.91. The SMILES string of the molecule is CCOCN1CCC(C=O)CC1. The van der Waals surface area contributed by atoms with Crippen LogP contribution in [0.4, 0.5) is 0 Å². The molecule has 1 aliphatic heterocycles. The molecule has 0 aromatic heterocycles. The lowest BCUT2D eigenvalue weighted by Gasteiger charge is -2.28. The van der Waals surface area contributed by atoms with Gasteiger partial charge < -0.3 is 9.53 Å². The first kappa shape index (κ1) is 9.68. The van der Waals surface area contributed by atoms with Crippen LogP contribution < -0.4 is 0 Å². The van der Waals surface area contributed by atoms with Crippen LogP contribution >= 0.6 is 0 Å². The molecule has 0 aromatic rings. The highest BCUT2D eigenvalue weighted by atomic mass is 16.5. The Morgan fingerprint density at radius 2 is 2.17 bits per heavy atom. The van der Waals surface area contributed by atoms with E-state index in [1.54, 1.807) is 0 Å². The summed E-state index contributed by atoms with van der Waals surface area (Å²) in [5, 5.41) is 0. The van der Waals surface area contributed by atoms with Gasteiger partial charge in [-0.15, -0.1) is 0 Å². The maximum atomic E-state index is 10.4. The standard InChI is InChI=1S/C9H17NO2/c1-2-12-8-10-5-3-9(7-11)4-6-10/h7,9H,2-6,8H2,1H3. The maximum absolute atomic E-state index is 10.4.